The highest BCUT2D eigenvalue weighted by molar-refractivity contribution is 4.82. The van der Waals surface area contributed by atoms with Gasteiger partial charge in [-0.25, -0.2) is 0 Å². The Morgan fingerprint density at radius 1 is 1.10 bits per heavy atom. The second kappa shape index (κ2) is 2.89. The first-order valence-corrected chi connectivity index (χ1v) is 4.28. The van der Waals surface area contributed by atoms with Gasteiger partial charge in [-0.3, -0.25) is 0 Å². The number of fused-ring (bicyclic) bond motifs is 1. The fourth-order valence-corrected chi connectivity index (χ4v) is 1.81. The molecule has 0 amide bonds. The molecular weight excluding hydrogens is 126 g/mol. The second-order valence-corrected chi connectivity index (χ2v) is 3.23. The van der Waals surface area contributed by atoms with Crippen molar-refractivity contribution in [3.05, 3.63) is 0 Å². The van der Waals surface area contributed by atoms with Gasteiger partial charge in [0.05, 0.1) is 0 Å². The van der Waals surface area contributed by atoms with Crippen molar-refractivity contribution in [2.24, 2.45) is 0 Å². The normalized spacial score (nSPS) is 35.4. The van der Waals surface area contributed by atoms with Crippen LogP contribution in [0.3, 0.4) is 0 Å². The van der Waals surface area contributed by atoms with Gasteiger partial charge in [-0.05, 0) is 25.8 Å². The summed E-state index contributed by atoms with van der Waals surface area (Å²) in [6, 6.07) is 0.875. The Bertz CT molecular complexity index is 102. The summed E-state index contributed by atoms with van der Waals surface area (Å²) in [5.41, 5.74) is 0. The quantitative estimate of drug-likeness (QED) is 0.496. The molecule has 10 heavy (non-hydrogen) atoms. The SMILES string of the molecule is C1COCCC2CCN2C1. The minimum atomic E-state index is 0.875. The van der Waals surface area contributed by atoms with E-state index in [1.165, 1.54) is 32.4 Å². The van der Waals surface area contributed by atoms with Gasteiger partial charge in [0.15, 0.2) is 0 Å². The summed E-state index contributed by atoms with van der Waals surface area (Å²) in [4.78, 5) is 2.59. The Balaban J connectivity index is 1.83. The van der Waals surface area contributed by atoms with Gasteiger partial charge in [-0.2, -0.15) is 0 Å². The summed E-state index contributed by atoms with van der Waals surface area (Å²) in [7, 11) is 0. The summed E-state index contributed by atoms with van der Waals surface area (Å²) in [5.74, 6) is 0. The fraction of sp³-hybridized carbons (Fsp3) is 1.00. The highest BCUT2D eigenvalue weighted by atomic mass is 16.5. The van der Waals surface area contributed by atoms with Crippen LogP contribution in [0.5, 0.6) is 0 Å². The Labute approximate surface area is 62.2 Å². The van der Waals surface area contributed by atoms with Crippen LogP contribution in [0.1, 0.15) is 19.3 Å². The summed E-state index contributed by atoms with van der Waals surface area (Å²) in [6.45, 7) is 4.57. The molecule has 1 atom stereocenters. The third-order valence-corrected chi connectivity index (χ3v) is 2.60. The molecular formula is C8H15NO. The third-order valence-electron chi connectivity index (χ3n) is 2.60. The van der Waals surface area contributed by atoms with E-state index in [9.17, 15) is 0 Å². The molecule has 0 aromatic rings. The molecule has 0 radical (unpaired) electrons. The van der Waals surface area contributed by atoms with Crippen LogP contribution in [0, 0.1) is 0 Å². The van der Waals surface area contributed by atoms with Gasteiger partial charge in [-0.15, -0.1) is 0 Å². The van der Waals surface area contributed by atoms with Crippen LogP contribution >= 0.6 is 0 Å². The van der Waals surface area contributed by atoms with Crippen molar-refractivity contribution in [3.8, 4) is 0 Å². The molecule has 2 aliphatic heterocycles. The van der Waals surface area contributed by atoms with Crippen molar-refractivity contribution < 1.29 is 4.74 Å². The van der Waals surface area contributed by atoms with Crippen molar-refractivity contribution in [1.29, 1.82) is 0 Å². The van der Waals surface area contributed by atoms with E-state index >= 15 is 0 Å². The van der Waals surface area contributed by atoms with E-state index in [0.29, 0.717) is 0 Å². The maximum atomic E-state index is 5.40. The molecule has 2 heterocycles. The molecule has 2 heteroatoms. The van der Waals surface area contributed by atoms with Gasteiger partial charge in [-0.1, -0.05) is 0 Å². The van der Waals surface area contributed by atoms with Crippen LogP contribution in [0.2, 0.25) is 0 Å². The van der Waals surface area contributed by atoms with E-state index in [0.717, 1.165) is 19.3 Å². The Morgan fingerprint density at radius 3 is 2.90 bits per heavy atom. The molecule has 1 unspecified atom stereocenters. The van der Waals surface area contributed by atoms with Crippen LogP contribution in [0.15, 0.2) is 0 Å². The highest BCUT2D eigenvalue weighted by Gasteiger charge is 2.27. The van der Waals surface area contributed by atoms with E-state index in [-0.39, 0.29) is 0 Å². The molecule has 0 bridgehead atoms. The van der Waals surface area contributed by atoms with Crippen LogP contribution < -0.4 is 0 Å². The van der Waals surface area contributed by atoms with Gasteiger partial charge in [0, 0.05) is 25.8 Å². The molecule has 2 nitrogen and oxygen atoms in total. The lowest BCUT2D eigenvalue weighted by Gasteiger charge is -2.42. The summed E-state index contributed by atoms with van der Waals surface area (Å²) >= 11 is 0. The predicted molar refractivity (Wildman–Crippen MR) is 40.0 cm³/mol. The molecule has 0 saturated carbocycles. The standard InChI is InChI=1S/C8H15NO/c1-4-9-5-2-8(9)3-7-10-6-1/h8H,1-7H2. The first kappa shape index (κ1) is 6.62. The van der Waals surface area contributed by atoms with E-state index in [2.05, 4.69) is 4.90 Å². The zero-order chi connectivity index (χ0) is 6.81. The third kappa shape index (κ3) is 1.18. The topological polar surface area (TPSA) is 12.5 Å². The number of nitrogens with zero attached hydrogens (tertiary/aromatic N) is 1. The van der Waals surface area contributed by atoms with E-state index in [4.69, 9.17) is 4.74 Å². The number of hydrogen-bond acceptors (Lipinski definition) is 2. The molecule has 0 aromatic carbocycles. The van der Waals surface area contributed by atoms with E-state index in [1.807, 2.05) is 0 Å². The maximum Gasteiger partial charge on any atom is 0.0480 e. The zero-order valence-corrected chi connectivity index (χ0v) is 6.38. The largest absolute Gasteiger partial charge is 0.381 e. The maximum absolute atomic E-state index is 5.40. The molecule has 0 N–H and O–H groups in total. The Kier molecular flexibility index (Phi) is 1.91. The summed E-state index contributed by atoms with van der Waals surface area (Å²) < 4.78 is 5.40. The average molecular weight is 141 g/mol. The van der Waals surface area contributed by atoms with Gasteiger partial charge >= 0.3 is 0 Å². The van der Waals surface area contributed by atoms with Gasteiger partial charge in [0.2, 0.25) is 0 Å². The Morgan fingerprint density at radius 2 is 2.10 bits per heavy atom. The van der Waals surface area contributed by atoms with Crippen molar-refractivity contribution in [3.63, 3.8) is 0 Å². The van der Waals surface area contributed by atoms with Gasteiger partial charge < -0.3 is 9.64 Å². The monoisotopic (exact) mass is 141 g/mol. The van der Waals surface area contributed by atoms with Crippen molar-refractivity contribution in [1.82, 2.24) is 4.90 Å². The predicted octanol–water partition coefficient (Wildman–Crippen LogP) is 0.871. The lowest BCUT2D eigenvalue weighted by atomic mass is 9.99. The molecule has 2 aliphatic rings. The smallest absolute Gasteiger partial charge is 0.0480 e. The first-order chi connectivity index (χ1) is 4.97. The van der Waals surface area contributed by atoms with Crippen molar-refractivity contribution >= 4 is 0 Å². The highest BCUT2D eigenvalue weighted by Crippen LogP contribution is 2.21. The minimum Gasteiger partial charge on any atom is -0.381 e. The average Bonchev–Trinajstić information content (AvgIpc) is 1.89. The summed E-state index contributed by atoms with van der Waals surface area (Å²) in [6.07, 6.45) is 3.90. The first-order valence-electron chi connectivity index (χ1n) is 4.28. The molecule has 0 aromatic heterocycles. The number of ether oxygens (including phenoxy) is 1. The summed E-state index contributed by atoms with van der Waals surface area (Å²) in [5, 5.41) is 0. The van der Waals surface area contributed by atoms with Gasteiger partial charge in [0.1, 0.15) is 0 Å². The Hall–Kier alpha value is -0.0800. The van der Waals surface area contributed by atoms with Crippen LogP contribution in [0.25, 0.3) is 0 Å². The molecule has 0 aliphatic carbocycles. The number of rotatable bonds is 0. The van der Waals surface area contributed by atoms with E-state index < -0.39 is 0 Å². The van der Waals surface area contributed by atoms with Crippen LogP contribution in [-0.2, 0) is 4.74 Å². The lowest BCUT2D eigenvalue weighted by molar-refractivity contribution is 0.0129. The van der Waals surface area contributed by atoms with Crippen LogP contribution in [0.4, 0.5) is 0 Å². The van der Waals surface area contributed by atoms with Gasteiger partial charge in [0.25, 0.3) is 0 Å². The fourth-order valence-electron chi connectivity index (χ4n) is 1.81. The lowest BCUT2D eigenvalue weighted by Crippen LogP contribution is -2.49. The second-order valence-electron chi connectivity index (χ2n) is 3.23. The molecule has 0 spiro atoms. The van der Waals surface area contributed by atoms with Crippen molar-refractivity contribution in [2.75, 3.05) is 26.3 Å². The zero-order valence-electron chi connectivity index (χ0n) is 6.38. The van der Waals surface area contributed by atoms with Crippen molar-refractivity contribution in [2.45, 2.75) is 25.3 Å². The van der Waals surface area contributed by atoms with Crippen LogP contribution in [-0.4, -0.2) is 37.2 Å². The number of hydrogen-bond donors (Lipinski definition) is 0. The van der Waals surface area contributed by atoms with E-state index in [1.54, 1.807) is 0 Å². The molecule has 58 valence electrons. The molecule has 2 fully saturated rings. The minimum absolute atomic E-state index is 0.875. The molecule has 2 saturated heterocycles. The molecule has 2 rings (SSSR count).